The van der Waals surface area contributed by atoms with Crippen molar-refractivity contribution in [2.75, 3.05) is 33.2 Å². The summed E-state index contributed by atoms with van der Waals surface area (Å²) in [7, 11) is 2.15. The number of rotatable bonds is 9. The minimum absolute atomic E-state index is 0.140. The molecule has 0 fully saturated rings. The highest BCUT2D eigenvalue weighted by atomic mass is 16.1. The van der Waals surface area contributed by atoms with Gasteiger partial charge in [-0.2, -0.15) is 0 Å². The van der Waals surface area contributed by atoms with Crippen molar-refractivity contribution in [3.05, 3.63) is 23.3 Å². The second-order valence-corrected chi connectivity index (χ2v) is 6.68. The van der Waals surface area contributed by atoms with E-state index in [1.807, 2.05) is 6.92 Å². The Bertz CT molecular complexity index is 510. The van der Waals surface area contributed by atoms with Crippen molar-refractivity contribution in [1.82, 2.24) is 9.80 Å². The third-order valence-corrected chi connectivity index (χ3v) is 5.62. The van der Waals surface area contributed by atoms with Crippen LogP contribution in [-0.4, -0.2) is 55.4 Å². The quantitative estimate of drug-likeness (QED) is 0.367. The third-order valence-electron chi connectivity index (χ3n) is 5.62. The lowest BCUT2D eigenvalue weighted by Gasteiger charge is -2.41. The molecule has 0 N–H and O–H groups in total. The summed E-state index contributed by atoms with van der Waals surface area (Å²) in [5, 5.41) is 0. The van der Waals surface area contributed by atoms with Crippen LogP contribution in [-0.2, 0) is 4.79 Å². The number of hydrogen-bond donors (Lipinski definition) is 0. The van der Waals surface area contributed by atoms with Crippen molar-refractivity contribution < 1.29 is 4.79 Å². The van der Waals surface area contributed by atoms with Gasteiger partial charge in [0.05, 0.1) is 5.41 Å². The standard InChI is InChI=1S/C21H34N2O/c1-7-21(8-2)18(5)19(17-24)13-11-14-20(21)22(6)15-12-16-23(9-3)10-4/h1,11,14,17,20H,8-10,12-13,15-16H2,2-6H3/t20-,21?/m1/s1. The molecule has 0 aromatic rings. The predicted molar refractivity (Wildman–Crippen MR) is 103 cm³/mol. The Labute approximate surface area is 148 Å². The maximum absolute atomic E-state index is 11.5. The van der Waals surface area contributed by atoms with E-state index in [0.29, 0.717) is 6.42 Å². The fourth-order valence-electron chi connectivity index (χ4n) is 3.80. The van der Waals surface area contributed by atoms with E-state index in [0.717, 1.165) is 56.5 Å². The summed E-state index contributed by atoms with van der Waals surface area (Å²) in [6.07, 6.45) is 13.9. The Kier molecular flexibility index (Phi) is 8.45. The van der Waals surface area contributed by atoms with Crippen LogP contribution in [0.5, 0.6) is 0 Å². The van der Waals surface area contributed by atoms with E-state index in [1.165, 1.54) is 0 Å². The maximum Gasteiger partial charge on any atom is 0.146 e. The van der Waals surface area contributed by atoms with Gasteiger partial charge in [-0.15, -0.1) is 6.42 Å². The zero-order valence-electron chi connectivity index (χ0n) is 16.1. The van der Waals surface area contributed by atoms with Crippen molar-refractivity contribution >= 4 is 6.29 Å². The van der Waals surface area contributed by atoms with Gasteiger partial charge >= 0.3 is 0 Å². The smallest absolute Gasteiger partial charge is 0.146 e. The van der Waals surface area contributed by atoms with E-state index in [-0.39, 0.29) is 6.04 Å². The van der Waals surface area contributed by atoms with Gasteiger partial charge in [0.15, 0.2) is 0 Å². The molecule has 24 heavy (non-hydrogen) atoms. The van der Waals surface area contributed by atoms with Gasteiger partial charge in [-0.3, -0.25) is 9.69 Å². The number of aldehydes is 1. The first-order valence-electron chi connectivity index (χ1n) is 9.23. The summed E-state index contributed by atoms with van der Waals surface area (Å²) >= 11 is 0. The second kappa shape index (κ2) is 9.81. The number of allylic oxidation sites excluding steroid dienone is 2. The minimum atomic E-state index is -0.396. The predicted octanol–water partition coefficient (Wildman–Crippen LogP) is 3.52. The largest absolute Gasteiger partial charge is 0.304 e. The molecule has 1 unspecified atom stereocenters. The molecule has 3 nitrogen and oxygen atoms in total. The average Bonchev–Trinajstić information content (AvgIpc) is 2.75. The summed E-state index contributed by atoms with van der Waals surface area (Å²) in [6.45, 7) is 12.9. The molecule has 0 spiro atoms. The zero-order valence-corrected chi connectivity index (χ0v) is 16.1. The Hall–Kier alpha value is -1.37. The summed E-state index contributed by atoms with van der Waals surface area (Å²) in [5.74, 6) is 3.05. The minimum Gasteiger partial charge on any atom is -0.304 e. The van der Waals surface area contributed by atoms with Gasteiger partial charge in [0.25, 0.3) is 0 Å². The molecule has 0 saturated carbocycles. The highest BCUT2D eigenvalue weighted by Crippen LogP contribution is 2.41. The Morgan fingerprint density at radius 1 is 1.33 bits per heavy atom. The number of carbonyl (C=O) groups is 1. The first kappa shape index (κ1) is 20.7. The van der Waals surface area contributed by atoms with Crippen molar-refractivity contribution in [3.63, 3.8) is 0 Å². The van der Waals surface area contributed by atoms with Crippen LogP contribution < -0.4 is 0 Å². The Morgan fingerprint density at radius 3 is 2.50 bits per heavy atom. The van der Waals surface area contributed by atoms with Crippen LogP contribution >= 0.6 is 0 Å². The van der Waals surface area contributed by atoms with Gasteiger partial charge in [-0.05, 0) is 70.6 Å². The molecule has 0 heterocycles. The van der Waals surface area contributed by atoms with E-state index in [2.05, 4.69) is 55.7 Å². The first-order valence-corrected chi connectivity index (χ1v) is 9.23. The molecule has 0 aromatic heterocycles. The van der Waals surface area contributed by atoms with Crippen LogP contribution in [0.15, 0.2) is 23.3 Å². The summed E-state index contributed by atoms with van der Waals surface area (Å²) < 4.78 is 0. The second-order valence-electron chi connectivity index (χ2n) is 6.68. The lowest BCUT2D eigenvalue weighted by atomic mass is 9.71. The third kappa shape index (κ3) is 4.37. The lowest BCUT2D eigenvalue weighted by Crippen LogP contribution is -2.45. The van der Waals surface area contributed by atoms with Gasteiger partial charge in [0, 0.05) is 6.04 Å². The van der Waals surface area contributed by atoms with Crippen LogP contribution in [0.1, 0.15) is 47.0 Å². The van der Waals surface area contributed by atoms with Crippen molar-refractivity contribution in [3.8, 4) is 12.3 Å². The highest BCUT2D eigenvalue weighted by Gasteiger charge is 2.40. The van der Waals surface area contributed by atoms with E-state index < -0.39 is 5.41 Å². The monoisotopic (exact) mass is 330 g/mol. The maximum atomic E-state index is 11.5. The fraction of sp³-hybridized carbons (Fsp3) is 0.667. The van der Waals surface area contributed by atoms with E-state index in [9.17, 15) is 4.79 Å². The molecule has 0 aromatic carbocycles. The van der Waals surface area contributed by atoms with Gasteiger partial charge in [0.2, 0.25) is 0 Å². The van der Waals surface area contributed by atoms with E-state index in [1.54, 1.807) is 0 Å². The normalized spacial score (nSPS) is 24.3. The fourth-order valence-corrected chi connectivity index (χ4v) is 3.80. The number of nitrogens with zero attached hydrogens (tertiary/aromatic N) is 2. The highest BCUT2D eigenvalue weighted by molar-refractivity contribution is 5.76. The van der Waals surface area contributed by atoms with Gasteiger partial charge < -0.3 is 4.90 Å². The first-order chi connectivity index (χ1) is 11.5. The summed E-state index contributed by atoms with van der Waals surface area (Å²) in [4.78, 5) is 16.3. The topological polar surface area (TPSA) is 23.6 Å². The molecule has 1 rings (SSSR count). The van der Waals surface area contributed by atoms with Crippen molar-refractivity contribution in [2.24, 2.45) is 5.41 Å². The van der Waals surface area contributed by atoms with Crippen LogP contribution in [0, 0.1) is 17.8 Å². The molecule has 0 saturated heterocycles. The van der Waals surface area contributed by atoms with E-state index >= 15 is 0 Å². The van der Waals surface area contributed by atoms with Crippen molar-refractivity contribution in [2.45, 2.75) is 53.0 Å². The van der Waals surface area contributed by atoms with Crippen LogP contribution in [0.4, 0.5) is 0 Å². The van der Waals surface area contributed by atoms with Crippen LogP contribution in [0.25, 0.3) is 0 Å². The molecule has 1 aliphatic carbocycles. The summed E-state index contributed by atoms with van der Waals surface area (Å²) in [5.41, 5.74) is 1.51. The number of terminal acetylenes is 1. The molecular formula is C21H34N2O. The molecule has 0 aliphatic heterocycles. The SMILES string of the molecule is C#CC1(CC)C(C)=C(C=O)CC=C[C@H]1N(C)CCCN(CC)CC. The zero-order chi connectivity index (χ0) is 18.2. The molecule has 134 valence electrons. The Balaban J connectivity index is 2.96. The molecule has 0 amide bonds. The van der Waals surface area contributed by atoms with Crippen LogP contribution in [0.3, 0.4) is 0 Å². The molecular weight excluding hydrogens is 296 g/mol. The number of hydrogen-bond acceptors (Lipinski definition) is 3. The van der Waals surface area contributed by atoms with E-state index in [4.69, 9.17) is 6.42 Å². The molecule has 3 heteroatoms. The summed E-state index contributed by atoms with van der Waals surface area (Å²) in [6, 6.07) is 0.140. The lowest BCUT2D eigenvalue weighted by molar-refractivity contribution is -0.105. The van der Waals surface area contributed by atoms with Gasteiger partial charge in [-0.25, -0.2) is 0 Å². The molecule has 2 atom stereocenters. The number of carbonyl (C=O) groups excluding carboxylic acids is 1. The van der Waals surface area contributed by atoms with Crippen molar-refractivity contribution in [1.29, 1.82) is 0 Å². The van der Waals surface area contributed by atoms with Crippen LogP contribution in [0.2, 0.25) is 0 Å². The molecule has 0 radical (unpaired) electrons. The average molecular weight is 331 g/mol. The number of likely N-dealkylation sites (N-methyl/N-ethyl adjacent to an activating group) is 1. The van der Waals surface area contributed by atoms with Gasteiger partial charge in [-0.1, -0.05) is 38.8 Å². The molecule has 1 aliphatic rings. The van der Waals surface area contributed by atoms with Gasteiger partial charge in [0.1, 0.15) is 6.29 Å². The molecule has 0 bridgehead atoms. The Morgan fingerprint density at radius 2 is 2.00 bits per heavy atom.